The van der Waals surface area contributed by atoms with Crippen LogP contribution >= 0.6 is 0 Å². The van der Waals surface area contributed by atoms with Gasteiger partial charge < -0.3 is 0 Å². The number of alkyl halides is 3. The van der Waals surface area contributed by atoms with E-state index in [9.17, 15) is 17.6 Å². The second-order valence-corrected chi connectivity index (χ2v) is 2.35. The summed E-state index contributed by atoms with van der Waals surface area (Å²) in [5.74, 6) is -1.58. The molecule has 0 saturated carbocycles. The summed E-state index contributed by atoms with van der Waals surface area (Å²) in [6, 6.07) is 0. The molecule has 0 aromatic carbocycles. The number of aryl methyl sites for hydroxylation is 1. The molecule has 0 fully saturated rings. The number of hydrogen-bond acceptors (Lipinski definition) is 2. The van der Waals surface area contributed by atoms with Crippen LogP contribution in [0.1, 0.15) is 18.3 Å². The van der Waals surface area contributed by atoms with Gasteiger partial charge in [-0.15, -0.1) is 0 Å². The molecule has 1 heterocycles. The normalized spacial score (nSPS) is 11.8. The molecule has 0 saturated heterocycles. The van der Waals surface area contributed by atoms with Gasteiger partial charge in [0.2, 0.25) is 5.95 Å². The van der Waals surface area contributed by atoms with Gasteiger partial charge in [0.1, 0.15) is 0 Å². The van der Waals surface area contributed by atoms with Crippen molar-refractivity contribution in [2.75, 3.05) is 0 Å². The van der Waals surface area contributed by atoms with Gasteiger partial charge >= 0.3 is 6.18 Å². The molecule has 0 aliphatic heterocycles. The molecule has 0 unspecified atom stereocenters. The summed E-state index contributed by atoms with van der Waals surface area (Å²) in [6.07, 6.45) is -3.50. The van der Waals surface area contributed by atoms with Crippen LogP contribution in [0, 0.1) is 5.95 Å². The Morgan fingerprint density at radius 2 is 2.00 bits per heavy atom. The molecule has 6 heteroatoms. The van der Waals surface area contributed by atoms with E-state index in [1.807, 2.05) is 0 Å². The van der Waals surface area contributed by atoms with Crippen LogP contribution in [-0.4, -0.2) is 9.97 Å². The van der Waals surface area contributed by atoms with Gasteiger partial charge in [0.25, 0.3) is 0 Å². The zero-order chi connectivity index (χ0) is 10.1. The fourth-order valence-electron chi connectivity index (χ4n) is 0.762. The summed E-state index contributed by atoms with van der Waals surface area (Å²) in [6.45, 7) is 1.61. The van der Waals surface area contributed by atoms with Crippen molar-refractivity contribution in [2.24, 2.45) is 0 Å². The van der Waals surface area contributed by atoms with E-state index in [0.29, 0.717) is 0 Å². The second-order valence-electron chi connectivity index (χ2n) is 2.35. The zero-order valence-corrected chi connectivity index (χ0v) is 6.69. The van der Waals surface area contributed by atoms with Crippen molar-refractivity contribution in [3.63, 3.8) is 0 Å². The molecule has 0 atom stereocenters. The summed E-state index contributed by atoms with van der Waals surface area (Å²) in [5.41, 5.74) is -1.43. The molecule has 1 aromatic heterocycles. The maximum absolute atomic E-state index is 12.5. The fourth-order valence-corrected chi connectivity index (χ4v) is 0.762. The fraction of sp³-hybridized carbons (Fsp3) is 0.429. The number of aromatic nitrogens is 2. The molecule has 0 N–H and O–H groups in total. The van der Waals surface area contributed by atoms with Gasteiger partial charge in [-0.3, -0.25) is 0 Å². The maximum atomic E-state index is 12.5. The lowest BCUT2D eigenvalue weighted by atomic mass is 10.3. The Balaban J connectivity index is 3.19. The lowest BCUT2D eigenvalue weighted by Gasteiger charge is -2.06. The minimum Gasteiger partial charge on any atom is -0.242 e. The maximum Gasteiger partial charge on any atom is 0.437 e. The highest BCUT2D eigenvalue weighted by atomic mass is 19.4. The van der Waals surface area contributed by atoms with Crippen molar-refractivity contribution in [1.82, 2.24) is 9.97 Å². The second kappa shape index (κ2) is 3.27. The molecule has 1 aromatic rings. The predicted molar refractivity (Wildman–Crippen MR) is 36.4 cm³/mol. The molecule has 0 bridgehead atoms. The average molecular weight is 194 g/mol. The van der Waals surface area contributed by atoms with Crippen molar-refractivity contribution in [2.45, 2.75) is 19.5 Å². The first-order valence-corrected chi connectivity index (χ1v) is 3.53. The van der Waals surface area contributed by atoms with Gasteiger partial charge in [-0.25, -0.2) is 9.97 Å². The number of halogens is 4. The van der Waals surface area contributed by atoms with E-state index in [4.69, 9.17) is 0 Å². The summed E-state index contributed by atoms with van der Waals surface area (Å²) in [7, 11) is 0. The first-order chi connectivity index (χ1) is 5.95. The topological polar surface area (TPSA) is 25.8 Å². The van der Waals surface area contributed by atoms with E-state index in [2.05, 4.69) is 9.97 Å². The Morgan fingerprint density at radius 3 is 2.46 bits per heavy atom. The van der Waals surface area contributed by atoms with E-state index in [1.54, 1.807) is 6.92 Å². The van der Waals surface area contributed by atoms with E-state index >= 15 is 0 Å². The molecule has 0 aliphatic rings. The third-order valence-corrected chi connectivity index (χ3v) is 1.41. The van der Waals surface area contributed by atoms with Crippen LogP contribution in [0.15, 0.2) is 6.20 Å². The molecule has 0 aliphatic carbocycles. The molecule has 72 valence electrons. The standard InChI is InChI=1S/C7H6F4N2/c1-2-4-3-12-6(8)5(13-4)7(9,10)11/h3H,2H2,1H3. The Morgan fingerprint density at radius 1 is 1.38 bits per heavy atom. The lowest BCUT2D eigenvalue weighted by Crippen LogP contribution is -2.13. The summed E-state index contributed by atoms with van der Waals surface area (Å²) in [4.78, 5) is 6.07. The van der Waals surface area contributed by atoms with Crippen molar-refractivity contribution in [3.8, 4) is 0 Å². The number of nitrogens with zero attached hydrogens (tertiary/aromatic N) is 2. The first-order valence-electron chi connectivity index (χ1n) is 3.53. The highest BCUT2D eigenvalue weighted by Gasteiger charge is 2.37. The quantitative estimate of drug-likeness (QED) is 0.640. The van der Waals surface area contributed by atoms with Gasteiger partial charge in [-0.2, -0.15) is 17.6 Å². The molecule has 13 heavy (non-hydrogen) atoms. The third kappa shape index (κ3) is 2.13. The van der Waals surface area contributed by atoms with Gasteiger partial charge in [-0.1, -0.05) is 6.92 Å². The van der Waals surface area contributed by atoms with Gasteiger partial charge in [0.05, 0.1) is 11.9 Å². The van der Waals surface area contributed by atoms with Crippen molar-refractivity contribution in [1.29, 1.82) is 0 Å². The lowest BCUT2D eigenvalue weighted by molar-refractivity contribution is -0.144. The van der Waals surface area contributed by atoms with Crippen LogP contribution in [0.3, 0.4) is 0 Å². The highest BCUT2D eigenvalue weighted by Crippen LogP contribution is 2.28. The van der Waals surface area contributed by atoms with Crippen LogP contribution in [0.4, 0.5) is 17.6 Å². The van der Waals surface area contributed by atoms with Crippen molar-refractivity contribution in [3.05, 3.63) is 23.5 Å². The van der Waals surface area contributed by atoms with Gasteiger partial charge in [-0.05, 0) is 6.42 Å². The van der Waals surface area contributed by atoms with Gasteiger partial charge in [0.15, 0.2) is 5.69 Å². The smallest absolute Gasteiger partial charge is 0.242 e. The molecule has 0 amide bonds. The van der Waals surface area contributed by atoms with E-state index in [-0.39, 0.29) is 12.1 Å². The Bertz CT molecular complexity index is 308. The largest absolute Gasteiger partial charge is 0.437 e. The molecular formula is C7H6F4N2. The summed E-state index contributed by atoms with van der Waals surface area (Å²) >= 11 is 0. The number of hydrogen-bond donors (Lipinski definition) is 0. The van der Waals surface area contributed by atoms with E-state index in [1.165, 1.54) is 0 Å². The highest BCUT2D eigenvalue weighted by molar-refractivity contribution is 5.08. The predicted octanol–water partition coefficient (Wildman–Crippen LogP) is 2.20. The minimum absolute atomic E-state index is 0.119. The minimum atomic E-state index is -4.78. The summed E-state index contributed by atoms with van der Waals surface area (Å²) in [5, 5.41) is 0. The van der Waals surface area contributed by atoms with E-state index in [0.717, 1.165) is 6.20 Å². The van der Waals surface area contributed by atoms with Crippen LogP contribution in [-0.2, 0) is 12.6 Å². The van der Waals surface area contributed by atoms with Crippen LogP contribution in [0.5, 0.6) is 0 Å². The van der Waals surface area contributed by atoms with Crippen LogP contribution in [0.2, 0.25) is 0 Å². The van der Waals surface area contributed by atoms with Crippen LogP contribution in [0.25, 0.3) is 0 Å². The number of rotatable bonds is 1. The SMILES string of the molecule is CCc1cnc(F)c(C(F)(F)F)n1. The third-order valence-electron chi connectivity index (χ3n) is 1.41. The van der Waals surface area contributed by atoms with Gasteiger partial charge in [0, 0.05) is 0 Å². The van der Waals surface area contributed by atoms with Crippen molar-refractivity contribution >= 4 is 0 Å². The molecule has 0 radical (unpaired) electrons. The Hall–Kier alpha value is -1.20. The first kappa shape index (κ1) is 9.88. The van der Waals surface area contributed by atoms with E-state index < -0.39 is 17.8 Å². The Kier molecular flexibility index (Phi) is 2.49. The molecule has 1 rings (SSSR count). The molecule has 0 spiro atoms. The Labute approximate surface area is 71.6 Å². The molecule has 2 nitrogen and oxygen atoms in total. The average Bonchev–Trinajstić information content (AvgIpc) is 2.03. The monoisotopic (exact) mass is 194 g/mol. The zero-order valence-electron chi connectivity index (χ0n) is 6.69. The molecular weight excluding hydrogens is 188 g/mol. The summed E-state index contributed by atoms with van der Waals surface area (Å²) < 4.78 is 48.6. The van der Waals surface area contributed by atoms with Crippen molar-refractivity contribution < 1.29 is 17.6 Å². The van der Waals surface area contributed by atoms with Crippen LogP contribution < -0.4 is 0 Å².